The summed E-state index contributed by atoms with van der Waals surface area (Å²) in [6, 6.07) is 11.5. The Hall–Kier alpha value is -3.72. The number of hydrogen-bond acceptors (Lipinski definition) is 6. The van der Waals surface area contributed by atoms with Crippen LogP contribution in [-0.4, -0.2) is 55.2 Å². The fraction of sp³-hybridized carbons (Fsp3) is 0.393. The standard InChI is InChI=1S/C28H34FN3O5/c1-6-36-26(34)21-17-32(5)16-20(21)19-12-11-18(22(29)15-19)13-14-25(33)30-23-9-7-8-10-24(23)31-27(35)37-28(2,3)4/h7-15,20-21H,6,16-17H2,1-5H3,(H,30,33)(H,31,35)/b14-13+. The minimum atomic E-state index is -0.669. The van der Waals surface area contributed by atoms with E-state index in [1.165, 1.54) is 18.2 Å². The Morgan fingerprint density at radius 2 is 1.76 bits per heavy atom. The number of likely N-dealkylation sites (N-methyl/N-ethyl adjacent to an activating group) is 1. The topological polar surface area (TPSA) is 97.0 Å². The van der Waals surface area contributed by atoms with Gasteiger partial charge in [-0.15, -0.1) is 0 Å². The molecule has 2 aromatic carbocycles. The molecule has 3 rings (SSSR count). The molecule has 0 aromatic heterocycles. The van der Waals surface area contributed by atoms with Crippen LogP contribution in [0.2, 0.25) is 0 Å². The van der Waals surface area contributed by atoms with E-state index in [0.29, 0.717) is 36.6 Å². The molecule has 8 nitrogen and oxygen atoms in total. The van der Waals surface area contributed by atoms with Gasteiger partial charge in [-0.25, -0.2) is 9.18 Å². The number of ether oxygens (including phenoxy) is 2. The number of hydrogen-bond donors (Lipinski definition) is 2. The van der Waals surface area contributed by atoms with Gasteiger partial charge in [-0.05, 0) is 64.6 Å². The number of halogens is 1. The molecule has 1 fully saturated rings. The number of para-hydroxylation sites is 2. The molecule has 1 aliphatic heterocycles. The van der Waals surface area contributed by atoms with Gasteiger partial charge in [0.15, 0.2) is 0 Å². The zero-order valence-electron chi connectivity index (χ0n) is 21.8. The number of nitrogens with zero attached hydrogens (tertiary/aromatic N) is 1. The molecule has 1 saturated heterocycles. The molecular weight excluding hydrogens is 477 g/mol. The van der Waals surface area contributed by atoms with Crippen molar-refractivity contribution in [2.75, 3.05) is 37.4 Å². The third-order valence-electron chi connectivity index (χ3n) is 5.78. The van der Waals surface area contributed by atoms with E-state index in [9.17, 15) is 18.8 Å². The Kier molecular flexibility index (Phi) is 9.04. The van der Waals surface area contributed by atoms with Gasteiger partial charge < -0.3 is 19.7 Å². The summed E-state index contributed by atoms with van der Waals surface area (Å²) in [4.78, 5) is 39.0. The van der Waals surface area contributed by atoms with Gasteiger partial charge in [0.1, 0.15) is 11.4 Å². The van der Waals surface area contributed by atoms with Crippen molar-refractivity contribution < 1.29 is 28.2 Å². The Bertz CT molecular complexity index is 1170. The minimum absolute atomic E-state index is 0.172. The average Bonchev–Trinajstić information content (AvgIpc) is 3.20. The molecule has 37 heavy (non-hydrogen) atoms. The maximum Gasteiger partial charge on any atom is 0.412 e. The molecule has 2 atom stereocenters. The van der Waals surface area contributed by atoms with Crippen molar-refractivity contribution in [3.63, 3.8) is 0 Å². The largest absolute Gasteiger partial charge is 0.466 e. The van der Waals surface area contributed by atoms with Gasteiger partial charge >= 0.3 is 12.1 Å². The van der Waals surface area contributed by atoms with Crippen LogP contribution in [0.4, 0.5) is 20.6 Å². The SMILES string of the molecule is CCOC(=O)C1CN(C)CC1c1ccc(/C=C/C(=O)Nc2ccccc2NC(=O)OC(C)(C)C)c(F)c1. The summed E-state index contributed by atoms with van der Waals surface area (Å²) >= 11 is 0. The van der Waals surface area contributed by atoms with Gasteiger partial charge in [0.05, 0.1) is 23.9 Å². The first kappa shape index (κ1) is 27.9. The van der Waals surface area contributed by atoms with Gasteiger partial charge in [-0.3, -0.25) is 14.9 Å². The van der Waals surface area contributed by atoms with E-state index in [1.54, 1.807) is 64.1 Å². The second-order valence-electron chi connectivity index (χ2n) is 9.96. The number of carbonyl (C=O) groups excluding carboxylic acids is 3. The van der Waals surface area contributed by atoms with E-state index in [2.05, 4.69) is 10.6 Å². The predicted octanol–water partition coefficient (Wildman–Crippen LogP) is 5.03. The molecule has 0 bridgehead atoms. The molecule has 0 saturated carbocycles. The number of esters is 1. The zero-order valence-corrected chi connectivity index (χ0v) is 21.8. The lowest BCUT2D eigenvalue weighted by Gasteiger charge is -2.20. The summed E-state index contributed by atoms with van der Waals surface area (Å²) in [7, 11) is 1.92. The van der Waals surface area contributed by atoms with Crippen molar-refractivity contribution in [2.24, 2.45) is 5.92 Å². The summed E-state index contributed by atoms with van der Waals surface area (Å²) in [6.07, 6.45) is 1.94. The van der Waals surface area contributed by atoms with Crippen LogP contribution in [0.25, 0.3) is 6.08 Å². The van der Waals surface area contributed by atoms with E-state index in [1.807, 2.05) is 11.9 Å². The van der Waals surface area contributed by atoms with Crippen molar-refractivity contribution in [1.82, 2.24) is 4.90 Å². The summed E-state index contributed by atoms with van der Waals surface area (Å²) in [6.45, 7) is 8.49. The highest BCUT2D eigenvalue weighted by Crippen LogP contribution is 2.34. The van der Waals surface area contributed by atoms with Crippen molar-refractivity contribution in [2.45, 2.75) is 39.2 Å². The van der Waals surface area contributed by atoms with Crippen molar-refractivity contribution in [3.05, 3.63) is 65.5 Å². The van der Waals surface area contributed by atoms with Crippen LogP contribution in [0.1, 0.15) is 44.7 Å². The van der Waals surface area contributed by atoms with Crippen molar-refractivity contribution in [1.29, 1.82) is 0 Å². The van der Waals surface area contributed by atoms with Crippen LogP contribution >= 0.6 is 0 Å². The van der Waals surface area contributed by atoms with E-state index in [0.717, 1.165) is 0 Å². The van der Waals surface area contributed by atoms with Gasteiger partial charge in [0, 0.05) is 30.6 Å². The molecule has 0 aliphatic carbocycles. The molecule has 1 aliphatic rings. The highest BCUT2D eigenvalue weighted by atomic mass is 19.1. The highest BCUT2D eigenvalue weighted by Gasteiger charge is 2.38. The summed E-state index contributed by atoms with van der Waals surface area (Å²) in [5.41, 5.74) is 1.01. The third-order valence-corrected chi connectivity index (χ3v) is 5.78. The van der Waals surface area contributed by atoms with Gasteiger partial charge in [0.2, 0.25) is 5.91 Å². The number of likely N-dealkylation sites (tertiary alicyclic amines) is 1. The number of anilines is 2. The van der Waals surface area contributed by atoms with Crippen molar-refractivity contribution in [3.8, 4) is 0 Å². The smallest absolute Gasteiger partial charge is 0.412 e. The summed E-state index contributed by atoms with van der Waals surface area (Å²) in [5.74, 6) is -1.80. The molecule has 2 unspecified atom stereocenters. The van der Waals surface area contributed by atoms with Crippen LogP contribution in [0.15, 0.2) is 48.5 Å². The summed E-state index contributed by atoms with van der Waals surface area (Å²) < 4.78 is 25.4. The van der Waals surface area contributed by atoms with Gasteiger partial charge in [-0.2, -0.15) is 0 Å². The molecule has 1 heterocycles. The molecule has 0 radical (unpaired) electrons. The van der Waals surface area contributed by atoms with E-state index >= 15 is 0 Å². The molecule has 2 N–H and O–H groups in total. The first-order valence-corrected chi connectivity index (χ1v) is 12.2. The molecule has 2 amide bonds. The molecule has 9 heteroatoms. The van der Waals surface area contributed by atoms with Gasteiger partial charge in [-0.1, -0.05) is 24.3 Å². The molecular formula is C28H34FN3O5. The second-order valence-corrected chi connectivity index (χ2v) is 9.96. The highest BCUT2D eigenvalue weighted by molar-refractivity contribution is 6.05. The Morgan fingerprint density at radius 3 is 2.38 bits per heavy atom. The lowest BCUT2D eigenvalue weighted by molar-refractivity contribution is -0.148. The third kappa shape index (κ3) is 7.88. The molecule has 198 valence electrons. The zero-order chi connectivity index (χ0) is 27.2. The lowest BCUT2D eigenvalue weighted by Crippen LogP contribution is -2.27. The van der Waals surface area contributed by atoms with Crippen LogP contribution in [0.3, 0.4) is 0 Å². The quantitative estimate of drug-likeness (QED) is 0.400. The van der Waals surface area contributed by atoms with E-state index < -0.39 is 23.4 Å². The number of amides is 2. The average molecular weight is 512 g/mol. The van der Waals surface area contributed by atoms with Crippen molar-refractivity contribution >= 4 is 35.4 Å². The first-order chi connectivity index (χ1) is 17.5. The number of rotatable bonds is 7. The fourth-order valence-corrected chi connectivity index (χ4v) is 4.19. The monoisotopic (exact) mass is 511 g/mol. The normalized spacial score (nSPS) is 18.0. The van der Waals surface area contributed by atoms with Crippen LogP contribution in [-0.2, 0) is 19.1 Å². The fourth-order valence-electron chi connectivity index (χ4n) is 4.19. The maximum atomic E-state index is 14.9. The van der Waals surface area contributed by atoms with E-state index in [-0.39, 0.29) is 23.4 Å². The minimum Gasteiger partial charge on any atom is -0.466 e. The lowest BCUT2D eigenvalue weighted by atomic mass is 9.88. The van der Waals surface area contributed by atoms with Crippen LogP contribution in [0, 0.1) is 11.7 Å². The van der Waals surface area contributed by atoms with Crippen LogP contribution in [0.5, 0.6) is 0 Å². The Labute approximate surface area is 216 Å². The first-order valence-electron chi connectivity index (χ1n) is 12.2. The second kappa shape index (κ2) is 12.0. The molecule has 0 spiro atoms. The number of carbonyl (C=O) groups is 3. The Balaban J connectivity index is 1.68. The van der Waals surface area contributed by atoms with Gasteiger partial charge in [0.25, 0.3) is 0 Å². The maximum absolute atomic E-state index is 14.9. The molecule has 2 aromatic rings. The number of nitrogens with one attached hydrogen (secondary N) is 2. The van der Waals surface area contributed by atoms with Crippen LogP contribution < -0.4 is 10.6 Å². The summed E-state index contributed by atoms with van der Waals surface area (Å²) in [5, 5.41) is 5.30. The predicted molar refractivity (Wildman–Crippen MR) is 141 cm³/mol. The Morgan fingerprint density at radius 1 is 1.08 bits per heavy atom. The number of benzene rings is 2. The van der Waals surface area contributed by atoms with E-state index in [4.69, 9.17) is 9.47 Å².